The van der Waals surface area contributed by atoms with Gasteiger partial charge in [-0.1, -0.05) is 24.3 Å². The van der Waals surface area contributed by atoms with E-state index in [4.69, 9.17) is 19.6 Å². The maximum atomic E-state index is 10.5. The number of aromatic nitrogens is 1. The molecule has 0 radical (unpaired) electrons. The fourth-order valence-corrected chi connectivity index (χ4v) is 5.31. The van der Waals surface area contributed by atoms with Gasteiger partial charge in [0.25, 0.3) is 0 Å². The number of thiazole rings is 1. The van der Waals surface area contributed by atoms with E-state index in [0.29, 0.717) is 13.2 Å². The minimum atomic E-state index is -0.822. The maximum Gasteiger partial charge on any atom is 0.317 e. The first-order chi connectivity index (χ1) is 17.1. The number of carbonyl (C=O) groups is 1. The van der Waals surface area contributed by atoms with E-state index >= 15 is 0 Å². The van der Waals surface area contributed by atoms with Gasteiger partial charge in [-0.25, -0.2) is 4.98 Å². The highest BCUT2D eigenvalue weighted by molar-refractivity contribution is 7.18. The highest BCUT2D eigenvalue weighted by Gasteiger charge is 2.26. The van der Waals surface area contributed by atoms with Crippen LogP contribution in [0.1, 0.15) is 48.8 Å². The molecule has 1 aliphatic rings. The number of nitrogens with zero attached hydrogens (tertiary/aromatic N) is 2. The lowest BCUT2D eigenvalue weighted by Gasteiger charge is -2.31. The van der Waals surface area contributed by atoms with E-state index in [1.165, 1.54) is 4.70 Å². The van der Waals surface area contributed by atoms with Crippen LogP contribution < -0.4 is 10.1 Å². The fraction of sp³-hybridized carbons (Fsp3) is 0.481. The molecular formula is C27H35N3O4S. The summed E-state index contributed by atoms with van der Waals surface area (Å²) in [6.07, 6.45) is 4.88. The summed E-state index contributed by atoms with van der Waals surface area (Å²) in [4.78, 5) is 17.8. The van der Waals surface area contributed by atoms with Crippen molar-refractivity contribution < 1.29 is 19.4 Å². The van der Waals surface area contributed by atoms with E-state index in [-0.39, 0.29) is 18.8 Å². The second-order valence-electron chi connectivity index (χ2n) is 9.09. The zero-order valence-corrected chi connectivity index (χ0v) is 21.1. The molecule has 1 aliphatic heterocycles. The number of ether oxygens (including phenoxy) is 2. The summed E-state index contributed by atoms with van der Waals surface area (Å²) in [6.45, 7) is 3.45. The molecule has 0 saturated carbocycles. The molecule has 188 valence electrons. The molecule has 0 spiro atoms. The highest BCUT2D eigenvalue weighted by Crippen LogP contribution is 2.36. The second kappa shape index (κ2) is 13.0. The van der Waals surface area contributed by atoms with Crippen molar-refractivity contribution in [2.45, 2.75) is 44.3 Å². The molecule has 1 fully saturated rings. The molecule has 35 heavy (non-hydrogen) atoms. The minimum Gasteiger partial charge on any atom is -0.494 e. The van der Waals surface area contributed by atoms with Gasteiger partial charge in [0.1, 0.15) is 16.9 Å². The van der Waals surface area contributed by atoms with E-state index in [1.54, 1.807) is 11.3 Å². The van der Waals surface area contributed by atoms with Crippen molar-refractivity contribution in [2.24, 2.45) is 0 Å². The van der Waals surface area contributed by atoms with Gasteiger partial charge in [0.05, 0.1) is 29.5 Å². The third kappa shape index (κ3) is 7.73. The summed E-state index contributed by atoms with van der Waals surface area (Å²) in [5.41, 5.74) is 2.08. The quantitative estimate of drug-likeness (QED) is 0.331. The zero-order chi connectivity index (χ0) is 24.5. The number of para-hydroxylation sites is 1. The van der Waals surface area contributed by atoms with Crippen molar-refractivity contribution in [1.82, 2.24) is 15.2 Å². The fourth-order valence-electron chi connectivity index (χ4n) is 4.28. The smallest absolute Gasteiger partial charge is 0.317 e. The van der Waals surface area contributed by atoms with Crippen LogP contribution in [0, 0.1) is 0 Å². The van der Waals surface area contributed by atoms with Crippen LogP contribution >= 0.6 is 11.3 Å². The summed E-state index contributed by atoms with van der Waals surface area (Å²) < 4.78 is 13.9. The van der Waals surface area contributed by atoms with Gasteiger partial charge < -0.3 is 24.8 Å². The Morgan fingerprint density at radius 3 is 2.80 bits per heavy atom. The monoisotopic (exact) mass is 497 g/mol. The second-order valence-corrected chi connectivity index (χ2v) is 10.2. The van der Waals surface area contributed by atoms with Crippen molar-refractivity contribution in [3.63, 3.8) is 0 Å². The van der Waals surface area contributed by atoms with Crippen LogP contribution in [0.15, 0.2) is 48.5 Å². The van der Waals surface area contributed by atoms with Crippen LogP contribution in [0.5, 0.6) is 5.75 Å². The summed E-state index contributed by atoms with van der Waals surface area (Å²) in [7, 11) is 2.16. The van der Waals surface area contributed by atoms with Gasteiger partial charge >= 0.3 is 5.97 Å². The first-order valence-electron chi connectivity index (χ1n) is 12.4. The van der Waals surface area contributed by atoms with Gasteiger partial charge in [-0.15, -0.1) is 11.3 Å². The SMILES string of the molecule is CN1CCC(OC(c2cccc(OCCCCCNCC(=O)O)c2)c2nc3ccccc3s2)CC1. The topological polar surface area (TPSA) is 83.9 Å². The average Bonchev–Trinajstić information content (AvgIpc) is 3.29. The molecule has 0 aliphatic carbocycles. The Hall–Kier alpha value is -2.52. The van der Waals surface area contributed by atoms with Crippen LogP contribution in [-0.2, 0) is 9.53 Å². The van der Waals surface area contributed by atoms with Crippen molar-refractivity contribution >= 4 is 27.5 Å². The molecule has 8 heteroatoms. The van der Waals surface area contributed by atoms with Crippen LogP contribution in [0.4, 0.5) is 0 Å². The van der Waals surface area contributed by atoms with Crippen molar-refractivity contribution in [3.8, 4) is 5.75 Å². The molecule has 1 atom stereocenters. The lowest BCUT2D eigenvalue weighted by Crippen LogP contribution is -2.35. The Bertz CT molecular complexity index is 1050. The number of piperidine rings is 1. The Kier molecular flexibility index (Phi) is 9.48. The van der Waals surface area contributed by atoms with E-state index < -0.39 is 5.97 Å². The van der Waals surface area contributed by atoms with Crippen LogP contribution in [0.3, 0.4) is 0 Å². The Morgan fingerprint density at radius 1 is 1.17 bits per heavy atom. The number of likely N-dealkylation sites (tertiary alicyclic amines) is 1. The summed E-state index contributed by atoms with van der Waals surface area (Å²) in [5, 5.41) is 12.6. The third-order valence-corrected chi connectivity index (χ3v) is 7.31. The minimum absolute atomic E-state index is 0.0126. The predicted molar refractivity (Wildman–Crippen MR) is 139 cm³/mol. The number of carboxylic acids is 1. The lowest BCUT2D eigenvalue weighted by atomic mass is 10.1. The van der Waals surface area contributed by atoms with Crippen LogP contribution in [0.2, 0.25) is 0 Å². The number of nitrogens with one attached hydrogen (secondary N) is 1. The largest absolute Gasteiger partial charge is 0.494 e. The summed E-state index contributed by atoms with van der Waals surface area (Å²) in [6, 6.07) is 16.4. The number of hydrogen-bond donors (Lipinski definition) is 2. The molecule has 0 amide bonds. The Balaban J connectivity index is 1.39. The normalized spacial score (nSPS) is 15.9. The number of hydrogen-bond acceptors (Lipinski definition) is 7. The summed E-state index contributed by atoms with van der Waals surface area (Å²) >= 11 is 1.70. The molecule has 4 rings (SSSR count). The molecule has 2 aromatic carbocycles. The number of fused-ring (bicyclic) bond motifs is 1. The molecule has 1 aromatic heterocycles. The van der Waals surface area contributed by atoms with Crippen LogP contribution in [0.25, 0.3) is 10.2 Å². The number of aliphatic carboxylic acids is 1. The van der Waals surface area contributed by atoms with E-state index in [9.17, 15) is 4.79 Å². The van der Waals surface area contributed by atoms with Gasteiger partial charge in [-0.3, -0.25) is 4.79 Å². The molecule has 1 unspecified atom stereocenters. The maximum absolute atomic E-state index is 10.5. The third-order valence-electron chi connectivity index (χ3n) is 6.23. The number of benzene rings is 2. The van der Waals surface area contributed by atoms with E-state index in [2.05, 4.69) is 41.5 Å². The van der Waals surface area contributed by atoms with Crippen molar-refractivity contribution in [1.29, 1.82) is 0 Å². The average molecular weight is 498 g/mol. The van der Waals surface area contributed by atoms with Crippen molar-refractivity contribution in [3.05, 3.63) is 59.1 Å². The van der Waals surface area contributed by atoms with Gasteiger partial charge in [-0.2, -0.15) is 0 Å². The number of rotatable bonds is 13. The number of carboxylic acid groups (broad SMARTS) is 1. The summed E-state index contributed by atoms with van der Waals surface area (Å²) in [5.74, 6) is 0.0155. The molecule has 2 heterocycles. The van der Waals surface area contributed by atoms with Gasteiger partial charge in [0.2, 0.25) is 0 Å². The lowest BCUT2D eigenvalue weighted by molar-refractivity contribution is -0.135. The van der Waals surface area contributed by atoms with Gasteiger partial charge in [0.15, 0.2) is 0 Å². The van der Waals surface area contributed by atoms with Crippen molar-refractivity contribution in [2.75, 3.05) is 39.8 Å². The molecule has 1 saturated heterocycles. The predicted octanol–water partition coefficient (Wildman–Crippen LogP) is 4.72. The Labute approximate surface area is 211 Å². The first kappa shape index (κ1) is 25.6. The van der Waals surface area contributed by atoms with E-state index in [0.717, 1.165) is 67.0 Å². The Morgan fingerprint density at radius 2 is 2.00 bits per heavy atom. The van der Waals surface area contributed by atoms with Gasteiger partial charge in [-0.05, 0) is 75.5 Å². The highest BCUT2D eigenvalue weighted by atomic mass is 32.1. The standard InChI is InChI=1S/C27H35N3O4S/c1-30-15-12-21(13-16-30)34-26(27-29-23-10-3-4-11-24(23)35-27)20-8-7-9-22(18-20)33-17-6-2-5-14-28-19-25(31)32/h3-4,7-11,18,21,26,28H,2,5-6,12-17,19H2,1H3,(H,31,32). The first-order valence-corrected chi connectivity index (χ1v) is 13.2. The number of unbranched alkanes of at least 4 members (excludes halogenated alkanes) is 2. The molecule has 0 bridgehead atoms. The molecule has 3 aromatic rings. The zero-order valence-electron chi connectivity index (χ0n) is 20.3. The molecule has 7 nitrogen and oxygen atoms in total. The van der Waals surface area contributed by atoms with Crippen LogP contribution in [-0.4, -0.2) is 66.9 Å². The molecular weight excluding hydrogens is 462 g/mol. The van der Waals surface area contributed by atoms with Gasteiger partial charge in [0, 0.05) is 13.1 Å². The molecule has 2 N–H and O–H groups in total. The van der Waals surface area contributed by atoms with E-state index in [1.807, 2.05) is 24.3 Å².